The Hall–Kier alpha value is -2.06. The van der Waals surface area contributed by atoms with Crippen molar-refractivity contribution in [2.75, 3.05) is 7.11 Å². The number of ether oxygens (including phenoxy) is 2. The van der Waals surface area contributed by atoms with Crippen LogP contribution in [0.15, 0.2) is 40.9 Å². The van der Waals surface area contributed by atoms with Gasteiger partial charge in [0.25, 0.3) is 0 Å². The quantitative estimate of drug-likeness (QED) is 0.846. The third-order valence-corrected chi connectivity index (χ3v) is 3.18. The Balaban J connectivity index is 2.19. The standard InChI is InChI=1S/C15H11BrFNO2/c1-19-15-6-10(8-18)2-5-14(15)20-9-11-7-12(16)3-4-13(11)17/h2-7H,9H2,1H3. The van der Waals surface area contributed by atoms with Crippen molar-refractivity contribution in [3.63, 3.8) is 0 Å². The van der Waals surface area contributed by atoms with Crippen LogP contribution in [0.1, 0.15) is 11.1 Å². The van der Waals surface area contributed by atoms with E-state index in [1.54, 1.807) is 30.3 Å². The van der Waals surface area contributed by atoms with Gasteiger partial charge in [-0.25, -0.2) is 4.39 Å². The Morgan fingerprint density at radius 3 is 2.70 bits per heavy atom. The number of rotatable bonds is 4. The first kappa shape index (κ1) is 14.4. The summed E-state index contributed by atoms with van der Waals surface area (Å²) < 4.78 is 25.1. The van der Waals surface area contributed by atoms with Gasteiger partial charge in [0.15, 0.2) is 11.5 Å². The van der Waals surface area contributed by atoms with E-state index < -0.39 is 0 Å². The van der Waals surface area contributed by atoms with Gasteiger partial charge in [0.2, 0.25) is 0 Å². The van der Waals surface area contributed by atoms with Crippen LogP contribution in [0.4, 0.5) is 4.39 Å². The van der Waals surface area contributed by atoms with Crippen LogP contribution in [-0.4, -0.2) is 7.11 Å². The largest absolute Gasteiger partial charge is 0.493 e. The summed E-state index contributed by atoms with van der Waals surface area (Å²) in [5.74, 6) is 0.575. The molecule has 0 radical (unpaired) electrons. The van der Waals surface area contributed by atoms with Gasteiger partial charge in [0.05, 0.1) is 18.7 Å². The minimum absolute atomic E-state index is 0.0769. The highest BCUT2D eigenvalue weighted by molar-refractivity contribution is 9.10. The zero-order chi connectivity index (χ0) is 14.5. The Bertz CT molecular complexity index is 667. The molecule has 0 aliphatic rings. The van der Waals surface area contributed by atoms with Crippen molar-refractivity contribution in [1.82, 2.24) is 0 Å². The molecule has 0 aromatic heterocycles. The van der Waals surface area contributed by atoms with Crippen LogP contribution in [0, 0.1) is 17.1 Å². The zero-order valence-electron chi connectivity index (χ0n) is 10.7. The molecule has 102 valence electrons. The molecule has 20 heavy (non-hydrogen) atoms. The van der Waals surface area contributed by atoms with E-state index in [1.165, 1.54) is 13.2 Å². The maximum atomic E-state index is 13.6. The first-order chi connectivity index (χ1) is 9.63. The van der Waals surface area contributed by atoms with Crippen LogP contribution in [0.25, 0.3) is 0 Å². The van der Waals surface area contributed by atoms with Gasteiger partial charge in [-0.3, -0.25) is 0 Å². The third kappa shape index (κ3) is 3.28. The average Bonchev–Trinajstić information content (AvgIpc) is 2.48. The molecule has 3 nitrogen and oxygen atoms in total. The maximum Gasteiger partial charge on any atom is 0.162 e. The molecule has 0 N–H and O–H groups in total. The lowest BCUT2D eigenvalue weighted by molar-refractivity contribution is 0.279. The fourth-order valence-corrected chi connectivity index (χ4v) is 2.07. The van der Waals surface area contributed by atoms with Crippen molar-refractivity contribution in [3.8, 4) is 17.6 Å². The molecule has 2 aromatic carbocycles. The predicted molar refractivity (Wildman–Crippen MR) is 76.1 cm³/mol. The van der Waals surface area contributed by atoms with Gasteiger partial charge in [-0.05, 0) is 30.3 Å². The molecule has 0 bridgehead atoms. The van der Waals surface area contributed by atoms with Gasteiger partial charge in [0.1, 0.15) is 12.4 Å². The van der Waals surface area contributed by atoms with E-state index in [4.69, 9.17) is 14.7 Å². The molecule has 0 aliphatic heterocycles. The van der Waals surface area contributed by atoms with Gasteiger partial charge in [-0.15, -0.1) is 0 Å². The number of hydrogen-bond donors (Lipinski definition) is 0. The lowest BCUT2D eigenvalue weighted by Gasteiger charge is -2.11. The Morgan fingerprint density at radius 1 is 1.20 bits per heavy atom. The van der Waals surface area contributed by atoms with Crippen LogP contribution >= 0.6 is 15.9 Å². The molecule has 0 aliphatic carbocycles. The molecule has 0 fully saturated rings. The molecule has 0 saturated carbocycles. The molecule has 0 heterocycles. The normalized spacial score (nSPS) is 9.90. The Morgan fingerprint density at radius 2 is 2.00 bits per heavy atom. The number of methoxy groups -OCH3 is 1. The Labute approximate surface area is 124 Å². The topological polar surface area (TPSA) is 42.2 Å². The molecule has 0 atom stereocenters. The van der Waals surface area contributed by atoms with E-state index in [1.807, 2.05) is 6.07 Å². The molecule has 2 aromatic rings. The van der Waals surface area contributed by atoms with Crippen molar-refractivity contribution in [2.45, 2.75) is 6.61 Å². The molecule has 0 spiro atoms. The molecular formula is C15H11BrFNO2. The fourth-order valence-electron chi connectivity index (χ4n) is 1.67. The van der Waals surface area contributed by atoms with E-state index in [0.717, 1.165) is 4.47 Å². The molecule has 0 unspecified atom stereocenters. The minimum Gasteiger partial charge on any atom is -0.493 e. The molecule has 0 amide bonds. The van der Waals surface area contributed by atoms with Gasteiger partial charge < -0.3 is 9.47 Å². The van der Waals surface area contributed by atoms with Crippen LogP contribution < -0.4 is 9.47 Å². The van der Waals surface area contributed by atoms with Gasteiger partial charge in [0, 0.05) is 16.1 Å². The highest BCUT2D eigenvalue weighted by Gasteiger charge is 2.08. The second-order valence-electron chi connectivity index (χ2n) is 4.00. The second-order valence-corrected chi connectivity index (χ2v) is 4.92. The summed E-state index contributed by atoms with van der Waals surface area (Å²) in [5, 5.41) is 8.82. The number of nitriles is 1. The van der Waals surface area contributed by atoms with Gasteiger partial charge in [-0.1, -0.05) is 15.9 Å². The summed E-state index contributed by atoms with van der Waals surface area (Å²) in [6, 6.07) is 11.5. The second kappa shape index (κ2) is 6.40. The van der Waals surface area contributed by atoms with Crippen molar-refractivity contribution in [3.05, 3.63) is 57.8 Å². The Kier molecular flexibility index (Phi) is 4.59. The summed E-state index contributed by atoms with van der Waals surface area (Å²) in [6.45, 7) is 0.0769. The van der Waals surface area contributed by atoms with E-state index in [9.17, 15) is 4.39 Å². The summed E-state index contributed by atoms with van der Waals surface area (Å²) in [7, 11) is 1.49. The lowest BCUT2D eigenvalue weighted by atomic mass is 10.2. The van der Waals surface area contributed by atoms with Crippen molar-refractivity contribution in [1.29, 1.82) is 5.26 Å². The predicted octanol–water partition coefficient (Wildman–Crippen LogP) is 4.05. The smallest absolute Gasteiger partial charge is 0.162 e. The van der Waals surface area contributed by atoms with Crippen LogP contribution in [-0.2, 0) is 6.61 Å². The fraction of sp³-hybridized carbons (Fsp3) is 0.133. The van der Waals surface area contributed by atoms with Crippen LogP contribution in [0.5, 0.6) is 11.5 Å². The number of nitrogens with zero attached hydrogens (tertiary/aromatic N) is 1. The maximum absolute atomic E-state index is 13.6. The third-order valence-electron chi connectivity index (χ3n) is 2.68. The van der Waals surface area contributed by atoms with E-state index in [0.29, 0.717) is 22.6 Å². The SMILES string of the molecule is COc1cc(C#N)ccc1OCc1cc(Br)ccc1F. The molecule has 0 saturated heterocycles. The zero-order valence-corrected chi connectivity index (χ0v) is 12.3. The summed E-state index contributed by atoms with van der Waals surface area (Å²) in [5.41, 5.74) is 0.911. The first-order valence-electron chi connectivity index (χ1n) is 5.79. The number of hydrogen-bond acceptors (Lipinski definition) is 3. The van der Waals surface area contributed by atoms with E-state index >= 15 is 0 Å². The molecule has 2 rings (SSSR count). The number of halogens is 2. The summed E-state index contributed by atoms with van der Waals surface area (Å²) >= 11 is 3.29. The van der Waals surface area contributed by atoms with E-state index in [-0.39, 0.29) is 12.4 Å². The van der Waals surface area contributed by atoms with Crippen LogP contribution in [0.2, 0.25) is 0 Å². The highest BCUT2D eigenvalue weighted by atomic mass is 79.9. The summed E-state index contributed by atoms with van der Waals surface area (Å²) in [4.78, 5) is 0. The molecule has 5 heteroatoms. The molecular weight excluding hydrogens is 325 g/mol. The number of benzene rings is 2. The highest BCUT2D eigenvalue weighted by Crippen LogP contribution is 2.29. The van der Waals surface area contributed by atoms with Gasteiger partial charge >= 0.3 is 0 Å². The monoisotopic (exact) mass is 335 g/mol. The van der Waals surface area contributed by atoms with Crippen molar-refractivity contribution < 1.29 is 13.9 Å². The average molecular weight is 336 g/mol. The van der Waals surface area contributed by atoms with Crippen LogP contribution in [0.3, 0.4) is 0 Å². The van der Waals surface area contributed by atoms with E-state index in [2.05, 4.69) is 15.9 Å². The van der Waals surface area contributed by atoms with Gasteiger partial charge in [-0.2, -0.15) is 5.26 Å². The lowest BCUT2D eigenvalue weighted by Crippen LogP contribution is -2.00. The van der Waals surface area contributed by atoms with Crippen molar-refractivity contribution in [2.24, 2.45) is 0 Å². The summed E-state index contributed by atoms with van der Waals surface area (Å²) in [6.07, 6.45) is 0. The first-order valence-corrected chi connectivity index (χ1v) is 6.58. The minimum atomic E-state index is -0.333. The van der Waals surface area contributed by atoms with Crippen molar-refractivity contribution >= 4 is 15.9 Å².